The second kappa shape index (κ2) is 7.91. The number of benzene rings is 1. The molecule has 0 aliphatic carbocycles. The maximum atomic E-state index is 12.4. The van der Waals surface area contributed by atoms with Gasteiger partial charge < -0.3 is 24.3 Å². The Labute approximate surface area is 186 Å². The van der Waals surface area contributed by atoms with Crippen molar-refractivity contribution in [1.29, 1.82) is 0 Å². The van der Waals surface area contributed by atoms with E-state index in [1.807, 2.05) is 52.0 Å². The van der Waals surface area contributed by atoms with Gasteiger partial charge in [-0.1, -0.05) is 24.3 Å². The zero-order chi connectivity index (χ0) is 23.3. The number of nitrogens with two attached hydrogens (primary N) is 1. The van der Waals surface area contributed by atoms with Gasteiger partial charge in [0.05, 0.1) is 29.1 Å². The van der Waals surface area contributed by atoms with E-state index in [1.165, 1.54) is 4.90 Å². The molecule has 32 heavy (non-hydrogen) atoms. The Morgan fingerprint density at radius 2 is 1.84 bits per heavy atom. The average molecular weight is 441 g/mol. The highest BCUT2D eigenvalue weighted by molar-refractivity contribution is 6.62. The summed E-state index contributed by atoms with van der Waals surface area (Å²) in [6.07, 6.45) is 1.62. The molecule has 2 saturated heterocycles. The minimum atomic E-state index is -1.50. The van der Waals surface area contributed by atoms with Crippen molar-refractivity contribution in [2.75, 3.05) is 6.54 Å². The van der Waals surface area contributed by atoms with Crippen LogP contribution in [0.2, 0.25) is 0 Å². The van der Waals surface area contributed by atoms with E-state index < -0.39 is 30.4 Å². The molecule has 4 rings (SSSR count). The summed E-state index contributed by atoms with van der Waals surface area (Å²) in [6.45, 7) is 8.49. The standard InChI is InChI=1S/C21H28BN5O5/c1-20(2)21(3,4)32-22(31-20)14-9-7-13(8-10-14)15-12-24-17(25-15)16-6-5-11-26(16)18(28)27(23)19(29)30/h7-10,12,16H,5-6,11,23H2,1-4H3,(H,24,25)(H,29,30). The third-order valence-electron chi connectivity index (χ3n) is 6.57. The first-order chi connectivity index (χ1) is 15.0. The van der Waals surface area contributed by atoms with E-state index in [4.69, 9.17) is 20.3 Å². The average Bonchev–Trinajstić information content (AvgIpc) is 3.45. The van der Waals surface area contributed by atoms with Crippen LogP contribution in [-0.4, -0.2) is 62.0 Å². The second-order valence-corrected chi connectivity index (χ2v) is 9.18. The van der Waals surface area contributed by atoms with Crippen LogP contribution in [0.4, 0.5) is 9.59 Å². The lowest BCUT2D eigenvalue weighted by atomic mass is 9.79. The quantitative estimate of drug-likeness (QED) is 0.288. The molecule has 2 fully saturated rings. The van der Waals surface area contributed by atoms with Gasteiger partial charge in [-0.3, -0.25) is 0 Å². The second-order valence-electron chi connectivity index (χ2n) is 9.18. The number of carboxylic acid groups (broad SMARTS) is 1. The van der Waals surface area contributed by atoms with E-state index in [9.17, 15) is 9.59 Å². The first-order valence-electron chi connectivity index (χ1n) is 10.6. The van der Waals surface area contributed by atoms with Gasteiger partial charge in [0.15, 0.2) is 0 Å². The van der Waals surface area contributed by atoms with E-state index in [-0.39, 0.29) is 11.1 Å². The molecule has 0 bridgehead atoms. The molecule has 11 heteroatoms. The Bertz CT molecular complexity index is 1010. The Morgan fingerprint density at radius 1 is 1.22 bits per heavy atom. The van der Waals surface area contributed by atoms with Gasteiger partial charge in [-0.25, -0.2) is 20.4 Å². The number of aromatic nitrogens is 2. The number of hydrogen-bond acceptors (Lipinski definition) is 6. The molecule has 0 spiro atoms. The lowest BCUT2D eigenvalue weighted by molar-refractivity contribution is 0.00578. The minimum absolute atomic E-state index is 0.205. The molecule has 4 N–H and O–H groups in total. The van der Waals surface area contributed by atoms with E-state index in [0.29, 0.717) is 18.8 Å². The number of imidazole rings is 1. The molecular weight excluding hydrogens is 413 g/mol. The maximum Gasteiger partial charge on any atom is 0.494 e. The molecule has 1 unspecified atom stereocenters. The number of H-pyrrole nitrogens is 1. The normalized spacial score (nSPS) is 21.7. The van der Waals surface area contributed by atoms with Crippen molar-refractivity contribution in [1.82, 2.24) is 19.9 Å². The maximum absolute atomic E-state index is 12.4. The number of rotatable bonds is 3. The minimum Gasteiger partial charge on any atom is -0.464 e. The number of amides is 3. The number of urea groups is 1. The van der Waals surface area contributed by atoms with Crippen LogP contribution in [0.3, 0.4) is 0 Å². The largest absolute Gasteiger partial charge is 0.494 e. The van der Waals surface area contributed by atoms with E-state index in [2.05, 4.69) is 9.97 Å². The van der Waals surface area contributed by atoms with Crippen molar-refractivity contribution in [2.24, 2.45) is 5.84 Å². The summed E-state index contributed by atoms with van der Waals surface area (Å²) in [5.41, 5.74) is 1.84. The smallest absolute Gasteiger partial charge is 0.464 e. The summed E-state index contributed by atoms with van der Waals surface area (Å²) in [4.78, 5) is 32.6. The molecule has 170 valence electrons. The Hall–Kier alpha value is -2.89. The fraction of sp³-hybridized carbons (Fsp3) is 0.476. The summed E-state index contributed by atoms with van der Waals surface area (Å²) >= 11 is 0. The van der Waals surface area contributed by atoms with Crippen LogP contribution in [0.25, 0.3) is 11.3 Å². The number of likely N-dealkylation sites (tertiary alicyclic amines) is 1. The number of aromatic amines is 1. The van der Waals surface area contributed by atoms with Crippen molar-refractivity contribution >= 4 is 24.7 Å². The molecule has 2 aliphatic rings. The van der Waals surface area contributed by atoms with Crippen molar-refractivity contribution in [2.45, 2.75) is 57.8 Å². The number of hydrazine groups is 1. The molecule has 2 aliphatic heterocycles. The summed E-state index contributed by atoms with van der Waals surface area (Å²) in [5.74, 6) is 5.96. The number of nitrogens with one attached hydrogen (secondary N) is 1. The van der Waals surface area contributed by atoms with Crippen molar-refractivity contribution in [3.8, 4) is 11.3 Å². The third-order valence-corrected chi connectivity index (χ3v) is 6.57. The summed E-state index contributed by atoms with van der Waals surface area (Å²) in [5, 5.41) is 9.20. The SMILES string of the molecule is CC1(C)OB(c2ccc(-c3cnc(C4CCCN4C(=O)N(N)C(=O)O)[nH]3)cc2)OC1(C)C. The Balaban J connectivity index is 1.49. The molecule has 2 aromatic rings. The van der Waals surface area contributed by atoms with Crippen LogP contribution in [0.1, 0.15) is 52.4 Å². The fourth-order valence-corrected chi connectivity index (χ4v) is 3.95. The van der Waals surface area contributed by atoms with Crippen molar-refractivity contribution < 1.29 is 24.0 Å². The van der Waals surface area contributed by atoms with Gasteiger partial charge in [0.2, 0.25) is 0 Å². The molecule has 0 saturated carbocycles. The molecule has 10 nitrogen and oxygen atoms in total. The Kier molecular flexibility index (Phi) is 5.52. The zero-order valence-corrected chi connectivity index (χ0v) is 18.7. The summed E-state index contributed by atoms with van der Waals surface area (Å²) in [7, 11) is -0.433. The van der Waals surface area contributed by atoms with Gasteiger partial charge in [-0.15, -0.1) is 0 Å². The molecule has 3 amide bonds. The number of carbonyl (C=O) groups is 2. The lowest BCUT2D eigenvalue weighted by Crippen LogP contribution is -2.49. The summed E-state index contributed by atoms with van der Waals surface area (Å²) in [6, 6.07) is 6.73. The van der Waals surface area contributed by atoms with Crippen LogP contribution in [-0.2, 0) is 9.31 Å². The number of hydrogen-bond donors (Lipinski definition) is 3. The first-order valence-corrected chi connectivity index (χ1v) is 10.6. The van der Waals surface area contributed by atoms with Crippen LogP contribution >= 0.6 is 0 Å². The number of imide groups is 1. The van der Waals surface area contributed by atoms with Gasteiger partial charge in [-0.05, 0) is 51.6 Å². The monoisotopic (exact) mass is 441 g/mol. The van der Waals surface area contributed by atoms with Gasteiger partial charge >= 0.3 is 19.2 Å². The van der Waals surface area contributed by atoms with Crippen LogP contribution in [0.15, 0.2) is 30.5 Å². The summed E-state index contributed by atoms with van der Waals surface area (Å²) < 4.78 is 12.2. The van der Waals surface area contributed by atoms with Gasteiger partial charge in [-0.2, -0.15) is 5.01 Å². The van der Waals surface area contributed by atoms with E-state index in [1.54, 1.807) is 6.20 Å². The van der Waals surface area contributed by atoms with Crippen LogP contribution < -0.4 is 11.3 Å². The highest BCUT2D eigenvalue weighted by Crippen LogP contribution is 2.36. The van der Waals surface area contributed by atoms with Crippen LogP contribution in [0, 0.1) is 0 Å². The number of nitrogens with zero attached hydrogens (tertiary/aromatic N) is 3. The highest BCUT2D eigenvalue weighted by Gasteiger charge is 2.51. The third kappa shape index (κ3) is 3.87. The molecule has 1 aromatic heterocycles. The predicted molar refractivity (Wildman–Crippen MR) is 118 cm³/mol. The molecule has 0 radical (unpaired) electrons. The molecule has 1 aromatic carbocycles. The molecule has 3 heterocycles. The Morgan fingerprint density at radius 3 is 2.44 bits per heavy atom. The lowest BCUT2D eigenvalue weighted by Gasteiger charge is -2.32. The molecule has 1 atom stereocenters. The number of carbonyl (C=O) groups excluding carboxylic acids is 1. The van der Waals surface area contributed by atoms with Gasteiger partial charge in [0.1, 0.15) is 5.82 Å². The van der Waals surface area contributed by atoms with E-state index in [0.717, 1.165) is 23.1 Å². The van der Waals surface area contributed by atoms with E-state index >= 15 is 0 Å². The van der Waals surface area contributed by atoms with Gasteiger partial charge in [0, 0.05) is 6.54 Å². The van der Waals surface area contributed by atoms with Crippen LogP contribution in [0.5, 0.6) is 0 Å². The van der Waals surface area contributed by atoms with Crippen molar-refractivity contribution in [3.05, 3.63) is 36.3 Å². The van der Waals surface area contributed by atoms with Gasteiger partial charge in [0.25, 0.3) is 0 Å². The molecular formula is C21H28BN5O5. The predicted octanol–water partition coefficient (Wildman–Crippen LogP) is 2.49. The zero-order valence-electron chi connectivity index (χ0n) is 18.7. The highest BCUT2D eigenvalue weighted by atomic mass is 16.7. The van der Waals surface area contributed by atoms with Crippen molar-refractivity contribution in [3.63, 3.8) is 0 Å². The first kappa shape index (κ1) is 22.3. The fourth-order valence-electron chi connectivity index (χ4n) is 3.95. The topological polar surface area (TPSA) is 134 Å².